The fourth-order valence-electron chi connectivity index (χ4n) is 1.21. The van der Waals surface area contributed by atoms with Crippen LogP contribution in [0.5, 0.6) is 0 Å². The van der Waals surface area contributed by atoms with Crippen LogP contribution in [0.3, 0.4) is 0 Å². The first-order valence-electron chi connectivity index (χ1n) is 4.75. The third-order valence-electron chi connectivity index (χ3n) is 1.89. The van der Waals surface area contributed by atoms with Gasteiger partial charge in [0.15, 0.2) is 0 Å². The Balaban J connectivity index is 2.63. The molecule has 0 aromatic heterocycles. The summed E-state index contributed by atoms with van der Waals surface area (Å²) in [5.41, 5.74) is 6.86. The number of carboxylic acid groups (broad SMARTS) is 1. The molecule has 1 aromatic rings. The molecule has 3 nitrogen and oxygen atoms in total. The van der Waals surface area contributed by atoms with E-state index in [0.29, 0.717) is 11.3 Å². The Morgan fingerprint density at radius 3 is 2.80 bits per heavy atom. The normalized spacial score (nSPS) is 12.4. The first-order chi connectivity index (χ1) is 7.11. The maximum Gasteiger partial charge on any atom is 0.335 e. The Kier molecular flexibility index (Phi) is 4.65. The standard InChI is InChI=1S/C11H15NO2S/c1-8(12)6-15-7-9-4-2-3-5-10(9)11(13)14/h2-5,8H,6-7,12H2,1H3,(H,13,14). The van der Waals surface area contributed by atoms with E-state index in [1.54, 1.807) is 23.9 Å². The zero-order chi connectivity index (χ0) is 11.3. The van der Waals surface area contributed by atoms with Gasteiger partial charge in [-0.1, -0.05) is 18.2 Å². The van der Waals surface area contributed by atoms with E-state index in [-0.39, 0.29) is 6.04 Å². The first kappa shape index (κ1) is 12.1. The van der Waals surface area contributed by atoms with Gasteiger partial charge < -0.3 is 10.8 Å². The molecule has 1 unspecified atom stereocenters. The summed E-state index contributed by atoms with van der Waals surface area (Å²) < 4.78 is 0. The number of thioether (sulfide) groups is 1. The lowest BCUT2D eigenvalue weighted by Crippen LogP contribution is -2.17. The molecule has 0 aliphatic carbocycles. The topological polar surface area (TPSA) is 63.3 Å². The van der Waals surface area contributed by atoms with Crippen molar-refractivity contribution in [2.24, 2.45) is 5.73 Å². The molecule has 0 fully saturated rings. The Morgan fingerprint density at radius 1 is 1.53 bits per heavy atom. The molecule has 0 radical (unpaired) electrons. The third-order valence-corrected chi connectivity index (χ3v) is 3.16. The number of rotatable bonds is 5. The average molecular weight is 225 g/mol. The maximum absolute atomic E-state index is 10.9. The Hall–Kier alpha value is -1.00. The van der Waals surface area contributed by atoms with E-state index in [0.717, 1.165) is 11.3 Å². The van der Waals surface area contributed by atoms with Crippen molar-refractivity contribution in [3.63, 3.8) is 0 Å². The largest absolute Gasteiger partial charge is 0.478 e. The van der Waals surface area contributed by atoms with E-state index >= 15 is 0 Å². The van der Waals surface area contributed by atoms with Crippen molar-refractivity contribution in [2.75, 3.05) is 5.75 Å². The second-order valence-corrected chi connectivity index (χ2v) is 4.48. The monoisotopic (exact) mass is 225 g/mol. The molecule has 0 saturated carbocycles. The van der Waals surface area contributed by atoms with Crippen LogP contribution in [0.15, 0.2) is 24.3 Å². The minimum absolute atomic E-state index is 0.145. The molecule has 0 aliphatic rings. The van der Waals surface area contributed by atoms with Gasteiger partial charge in [-0.3, -0.25) is 0 Å². The van der Waals surface area contributed by atoms with Crippen molar-refractivity contribution in [3.05, 3.63) is 35.4 Å². The molecular weight excluding hydrogens is 210 g/mol. The Labute approximate surface area is 93.7 Å². The molecule has 0 aliphatic heterocycles. The van der Waals surface area contributed by atoms with Crippen LogP contribution in [0, 0.1) is 0 Å². The predicted molar refractivity (Wildman–Crippen MR) is 63.2 cm³/mol. The van der Waals surface area contributed by atoms with Gasteiger partial charge in [-0.05, 0) is 18.6 Å². The minimum atomic E-state index is -0.869. The van der Waals surface area contributed by atoms with Gasteiger partial charge in [0, 0.05) is 17.5 Å². The van der Waals surface area contributed by atoms with E-state index in [1.807, 2.05) is 19.1 Å². The molecule has 1 atom stereocenters. The van der Waals surface area contributed by atoms with Crippen molar-refractivity contribution < 1.29 is 9.90 Å². The SMILES string of the molecule is CC(N)CSCc1ccccc1C(=O)O. The highest BCUT2D eigenvalue weighted by Crippen LogP contribution is 2.16. The van der Waals surface area contributed by atoms with Crippen LogP contribution in [0.1, 0.15) is 22.8 Å². The fraction of sp³-hybridized carbons (Fsp3) is 0.364. The summed E-state index contributed by atoms with van der Waals surface area (Å²) in [7, 11) is 0. The molecular formula is C11H15NO2S. The molecule has 0 amide bonds. The molecule has 1 aromatic carbocycles. The van der Waals surface area contributed by atoms with Gasteiger partial charge in [0.25, 0.3) is 0 Å². The molecule has 1 rings (SSSR count). The number of aromatic carboxylic acids is 1. The number of hydrogen-bond acceptors (Lipinski definition) is 3. The van der Waals surface area contributed by atoms with Crippen LogP contribution in [0.25, 0.3) is 0 Å². The van der Waals surface area contributed by atoms with Crippen LogP contribution >= 0.6 is 11.8 Å². The highest BCUT2D eigenvalue weighted by atomic mass is 32.2. The van der Waals surface area contributed by atoms with Gasteiger partial charge in [0.2, 0.25) is 0 Å². The number of nitrogens with two attached hydrogens (primary N) is 1. The molecule has 0 saturated heterocycles. The van der Waals surface area contributed by atoms with Crippen molar-refractivity contribution in [2.45, 2.75) is 18.7 Å². The van der Waals surface area contributed by atoms with E-state index in [2.05, 4.69) is 0 Å². The van der Waals surface area contributed by atoms with Crippen molar-refractivity contribution in [1.82, 2.24) is 0 Å². The zero-order valence-electron chi connectivity index (χ0n) is 8.64. The van der Waals surface area contributed by atoms with Gasteiger partial charge in [0.1, 0.15) is 0 Å². The second kappa shape index (κ2) is 5.78. The number of carboxylic acids is 1. The first-order valence-corrected chi connectivity index (χ1v) is 5.91. The van der Waals surface area contributed by atoms with Gasteiger partial charge in [0.05, 0.1) is 5.56 Å². The molecule has 3 N–H and O–H groups in total. The second-order valence-electron chi connectivity index (χ2n) is 3.45. The lowest BCUT2D eigenvalue weighted by atomic mass is 10.1. The lowest BCUT2D eigenvalue weighted by molar-refractivity contribution is 0.0696. The van der Waals surface area contributed by atoms with Gasteiger partial charge >= 0.3 is 5.97 Å². The summed E-state index contributed by atoms with van der Waals surface area (Å²) in [4.78, 5) is 10.9. The van der Waals surface area contributed by atoms with Crippen LogP contribution in [0.4, 0.5) is 0 Å². The van der Waals surface area contributed by atoms with Crippen LogP contribution in [-0.2, 0) is 5.75 Å². The van der Waals surface area contributed by atoms with Crippen molar-refractivity contribution >= 4 is 17.7 Å². The highest BCUT2D eigenvalue weighted by Gasteiger charge is 2.08. The fourth-order valence-corrected chi connectivity index (χ4v) is 2.17. The quantitative estimate of drug-likeness (QED) is 0.804. The van der Waals surface area contributed by atoms with E-state index in [1.165, 1.54) is 0 Å². The predicted octanol–water partition coefficient (Wildman–Crippen LogP) is 1.97. The third kappa shape index (κ3) is 3.93. The van der Waals surface area contributed by atoms with E-state index in [4.69, 9.17) is 10.8 Å². The number of carbonyl (C=O) groups is 1. The summed E-state index contributed by atoms with van der Waals surface area (Å²) in [5, 5.41) is 8.94. The van der Waals surface area contributed by atoms with Crippen molar-refractivity contribution in [3.8, 4) is 0 Å². The van der Waals surface area contributed by atoms with Crippen LogP contribution in [-0.4, -0.2) is 22.9 Å². The molecule has 15 heavy (non-hydrogen) atoms. The summed E-state index contributed by atoms with van der Waals surface area (Å²) in [6.07, 6.45) is 0. The van der Waals surface area contributed by atoms with E-state index < -0.39 is 5.97 Å². The smallest absolute Gasteiger partial charge is 0.335 e. The van der Waals surface area contributed by atoms with Gasteiger partial charge in [-0.2, -0.15) is 11.8 Å². The Bertz CT molecular complexity index is 339. The highest BCUT2D eigenvalue weighted by molar-refractivity contribution is 7.98. The van der Waals surface area contributed by atoms with Crippen LogP contribution < -0.4 is 5.73 Å². The molecule has 4 heteroatoms. The lowest BCUT2D eigenvalue weighted by Gasteiger charge is -2.07. The number of hydrogen-bond donors (Lipinski definition) is 2. The summed E-state index contributed by atoms with van der Waals surface area (Å²) >= 11 is 1.66. The summed E-state index contributed by atoms with van der Waals surface area (Å²) in [6, 6.07) is 7.21. The maximum atomic E-state index is 10.9. The average Bonchev–Trinajstić information content (AvgIpc) is 2.17. The van der Waals surface area contributed by atoms with Crippen LogP contribution in [0.2, 0.25) is 0 Å². The molecule has 0 spiro atoms. The van der Waals surface area contributed by atoms with Gasteiger partial charge in [-0.25, -0.2) is 4.79 Å². The zero-order valence-corrected chi connectivity index (χ0v) is 9.46. The molecule has 82 valence electrons. The van der Waals surface area contributed by atoms with E-state index in [9.17, 15) is 4.79 Å². The Morgan fingerprint density at radius 2 is 2.20 bits per heavy atom. The molecule has 0 bridgehead atoms. The van der Waals surface area contributed by atoms with Gasteiger partial charge in [-0.15, -0.1) is 0 Å². The molecule has 0 heterocycles. The minimum Gasteiger partial charge on any atom is -0.478 e. The van der Waals surface area contributed by atoms with Crippen molar-refractivity contribution in [1.29, 1.82) is 0 Å². The summed E-state index contributed by atoms with van der Waals surface area (Å²) in [5.74, 6) is 0.671. The number of benzene rings is 1. The summed E-state index contributed by atoms with van der Waals surface area (Å²) in [6.45, 7) is 1.94.